The molecular weight excluding hydrogens is 256 g/mol. The number of hydrogen-bond donors (Lipinski definition) is 1. The van der Waals surface area contributed by atoms with Crippen LogP contribution in [0.2, 0.25) is 0 Å². The van der Waals surface area contributed by atoms with Gasteiger partial charge in [-0.05, 0) is 34.8 Å². The van der Waals surface area contributed by atoms with Gasteiger partial charge in [0.1, 0.15) is 22.4 Å². The van der Waals surface area contributed by atoms with Crippen LogP contribution in [0.3, 0.4) is 0 Å². The Kier molecular flexibility index (Phi) is 2.05. The molecule has 0 amide bonds. The average molecular weight is 265 g/mol. The maximum Gasteiger partial charge on any atom is 0.122 e. The Balaban J connectivity index is 2.04. The highest BCUT2D eigenvalue weighted by molar-refractivity contribution is 9.10. The van der Waals surface area contributed by atoms with Crippen LogP contribution in [-0.4, -0.2) is 19.9 Å². The molecule has 1 N–H and O–H groups in total. The van der Waals surface area contributed by atoms with E-state index in [-0.39, 0.29) is 0 Å². The normalized spacial score (nSPS) is 15.5. The highest BCUT2D eigenvalue weighted by Gasteiger charge is 2.28. The van der Waals surface area contributed by atoms with E-state index in [9.17, 15) is 0 Å². The topological polar surface area (TPSA) is 54.5 Å². The number of imidazole rings is 1. The number of halogens is 1. The highest BCUT2D eigenvalue weighted by Crippen LogP contribution is 2.40. The van der Waals surface area contributed by atoms with Crippen molar-refractivity contribution in [2.45, 2.75) is 18.8 Å². The Morgan fingerprint density at radius 2 is 2.27 bits per heavy atom. The first-order valence-corrected chi connectivity index (χ1v) is 5.65. The van der Waals surface area contributed by atoms with E-state index < -0.39 is 0 Å². The molecule has 0 bridgehead atoms. The molecule has 2 aromatic rings. The summed E-state index contributed by atoms with van der Waals surface area (Å²) in [5.74, 6) is 1.69. The third-order valence-electron chi connectivity index (χ3n) is 2.47. The van der Waals surface area contributed by atoms with Gasteiger partial charge in [-0.3, -0.25) is 0 Å². The lowest BCUT2D eigenvalue weighted by Gasteiger charge is -1.93. The fourth-order valence-corrected chi connectivity index (χ4v) is 2.01. The van der Waals surface area contributed by atoms with Crippen molar-refractivity contribution < 1.29 is 0 Å². The molecule has 1 saturated carbocycles. The number of nitrogens with zero attached hydrogens (tertiary/aromatic N) is 3. The van der Waals surface area contributed by atoms with Gasteiger partial charge in [-0.2, -0.15) is 0 Å². The van der Waals surface area contributed by atoms with Crippen LogP contribution in [0.15, 0.2) is 23.2 Å². The van der Waals surface area contributed by atoms with E-state index in [2.05, 4.69) is 35.9 Å². The van der Waals surface area contributed by atoms with Gasteiger partial charge in [0.15, 0.2) is 0 Å². The molecule has 1 aliphatic rings. The Morgan fingerprint density at radius 1 is 1.40 bits per heavy atom. The van der Waals surface area contributed by atoms with Crippen molar-refractivity contribution >= 4 is 15.9 Å². The predicted molar refractivity (Wildman–Crippen MR) is 59.3 cm³/mol. The van der Waals surface area contributed by atoms with Gasteiger partial charge in [0.2, 0.25) is 0 Å². The molecule has 0 spiro atoms. The SMILES string of the molecule is Brc1[nH]c(C2CC2)nc1-c1ccncn1. The van der Waals surface area contributed by atoms with Gasteiger partial charge in [0.25, 0.3) is 0 Å². The van der Waals surface area contributed by atoms with Gasteiger partial charge in [0, 0.05) is 12.1 Å². The molecule has 0 aromatic carbocycles. The number of hydrogen-bond acceptors (Lipinski definition) is 3. The zero-order valence-electron chi connectivity index (χ0n) is 7.94. The maximum absolute atomic E-state index is 4.55. The van der Waals surface area contributed by atoms with Crippen molar-refractivity contribution in [3.05, 3.63) is 29.0 Å². The van der Waals surface area contributed by atoms with E-state index in [1.54, 1.807) is 6.20 Å². The van der Waals surface area contributed by atoms with Crippen LogP contribution in [0.25, 0.3) is 11.4 Å². The molecule has 1 aliphatic carbocycles. The minimum absolute atomic E-state index is 0.622. The number of H-pyrrole nitrogens is 1. The third kappa shape index (κ3) is 1.67. The fraction of sp³-hybridized carbons (Fsp3) is 0.300. The van der Waals surface area contributed by atoms with Gasteiger partial charge < -0.3 is 4.98 Å². The summed E-state index contributed by atoms with van der Waals surface area (Å²) in [7, 11) is 0. The molecule has 1 fully saturated rings. The van der Waals surface area contributed by atoms with Gasteiger partial charge >= 0.3 is 0 Å². The molecule has 4 nitrogen and oxygen atoms in total. The molecule has 2 heterocycles. The number of aromatic amines is 1. The van der Waals surface area contributed by atoms with Crippen LogP contribution < -0.4 is 0 Å². The minimum Gasteiger partial charge on any atom is -0.336 e. The third-order valence-corrected chi connectivity index (χ3v) is 3.04. The van der Waals surface area contributed by atoms with Crippen molar-refractivity contribution in [2.24, 2.45) is 0 Å². The Morgan fingerprint density at radius 3 is 2.93 bits per heavy atom. The number of rotatable bonds is 2. The van der Waals surface area contributed by atoms with Crippen LogP contribution in [0.4, 0.5) is 0 Å². The lowest BCUT2D eigenvalue weighted by molar-refractivity contribution is 0.972. The zero-order chi connectivity index (χ0) is 10.3. The van der Waals surface area contributed by atoms with E-state index in [0.717, 1.165) is 21.8 Å². The zero-order valence-corrected chi connectivity index (χ0v) is 9.53. The van der Waals surface area contributed by atoms with Crippen molar-refractivity contribution in [1.29, 1.82) is 0 Å². The Hall–Kier alpha value is -1.23. The number of aromatic nitrogens is 4. The maximum atomic E-state index is 4.55. The number of nitrogens with one attached hydrogen (secondary N) is 1. The molecular formula is C10H9BrN4. The Labute approximate surface area is 95.3 Å². The second-order valence-corrected chi connectivity index (χ2v) is 4.45. The van der Waals surface area contributed by atoms with Crippen LogP contribution >= 0.6 is 15.9 Å². The smallest absolute Gasteiger partial charge is 0.122 e. The minimum atomic E-state index is 0.622. The summed E-state index contributed by atoms with van der Waals surface area (Å²) < 4.78 is 0.906. The molecule has 5 heteroatoms. The second-order valence-electron chi connectivity index (χ2n) is 3.65. The Bertz CT molecular complexity index is 475. The van der Waals surface area contributed by atoms with Gasteiger partial charge in [-0.15, -0.1) is 0 Å². The summed E-state index contributed by atoms with van der Waals surface area (Å²) in [6.07, 6.45) is 5.74. The van der Waals surface area contributed by atoms with Gasteiger partial charge in [-0.25, -0.2) is 15.0 Å². The van der Waals surface area contributed by atoms with E-state index in [1.807, 2.05) is 6.07 Å². The molecule has 2 aromatic heterocycles. The van der Waals surface area contributed by atoms with Crippen LogP contribution in [0.1, 0.15) is 24.6 Å². The van der Waals surface area contributed by atoms with Crippen molar-refractivity contribution in [3.8, 4) is 11.4 Å². The van der Waals surface area contributed by atoms with E-state index in [1.165, 1.54) is 19.2 Å². The molecule has 0 radical (unpaired) electrons. The summed E-state index contributed by atoms with van der Waals surface area (Å²) in [6.45, 7) is 0. The summed E-state index contributed by atoms with van der Waals surface area (Å²) >= 11 is 3.47. The van der Waals surface area contributed by atoms with E-state index in [4.69, 9.17) is 0 Å². The lowest BCUT2D eigenvalue weighted by Crippen LogP contribution is -1.85. The van der Waals surface area contributed by atoms with Crippen molar-refractivity contribution in [3.63, 3.8) is 0 Å². The van der Waals surface area contributed by atoms with Gasteiger partial charge in [-0.1, -0.05) is 0 Å². The second kappa shape index (κ2) is 3.41. The summed E-state index contributed by atoms with van der Waals surface area (Å²) in [6, 6.07) is 1.86. The molecule has 3 rings (SSSR count). The summed E-state index contributed by atoms with van der Waals surface area (Å²) in [4.78, 5) is 15.9. The summed E-state index contributed by atoms with van der Waals surface area (Å²) in [5, 5.41) is 0. The largest absolute Gasteiger partial charge is 0.336 e. The van der Waals surface area contributed by atoms with Crippen LogP contribution in [0, 0.1) is 0 Å². The molecule has 0 saturated heterocycles. The van der Waals surface area contributed by atoms with Gasteiger partial charge in [0.05, 0.1) is 5.69 Å². The van der Waals surface area contributed by atoms with Crippen molar-refractivity contribution in [2.75, 3.05) is 0 Å². The van der Waals surface area contributed by atoms with Crippen molar-refractivity contribution in [1.82, 2.24) is 19.9 Å². The quantitative estimate of drug-likeness (QED) is 0.907. The molecule has 76 valence electrons. The molecule has 0 atom stereocenters. The predicted octanol–water partition coefficient (Wildman–Crippen LogP) is 2.51. The average Bonchev–Trinajstić information content (AvgIpc) is 3.04. The summed E-state index contributed by atoms with van der Waals surface area (Å²) in [5.41, 5.74) is 1.72. The van der Waals surface area contributed by atoms with Crippen LogP contribution in [0.5, 0.6) is 0 Å². The highest BCUT2D eigenvalue weighted by atomic mass is 79.9. The fourth-order valence-electron chi connectivity index (χ4n) is 1.52. The molecule has 15 heavy (non-hydrogen) atoms. The van der Waals surface area contributed by atoms with E-state index in [0.29, 0.717) is 5.92 Å². The monoisotopic (exact) mass is 264 g/mol. The molecule has 0 aliphatic heterocycles. The van der Waals surface area contributed by atoms with Crippen LogP contribution in [-0.2, 0) is 0 Å². The first kappa shape index (κ1) is 9.03. The van der Waals surface area contributed by atoms with E-state index >= 15 is 0 Å². The molecule has 0 unspecified atom stereocenters. The first-order chi connectivity index (χ1) is 7.34. The lowest BCUT2D eigenvalue weighted by atomic mass is 10.3. The first-order valence-electron chi connectivity index (χ1n) is 4.86. The standard InChI is InChI=1S/C10H9BrN4/c11-9-8(7-3-4-12-5-13-7)14-10(15-9)6-1-2-6/h3-6H,1-2H2,(H,14,15).